The third kappa shape index (κ3) is 2.49. The van der Waals surface area contributed by atoms with Crippen molar-refractivity contribution in [2.24, 2.45) is 5.92 Å². The molecule has 92 valence electrons. The molecule has 0 spiro atoms. The van der Waals surface area contributed by atoms with Crippen molar-refractivity contribution in [1.82, 2.24) is 4.98 Å². The maximum absolute atomic E-state index is 10.9. The third-order valence-corrected chi connectivity index (χ3v) is 3.26. The Hall–Kier alpha value is -1.78. The number of pyridine rings is 1. The summed E-state index contributed by atoms with van der Waals surface area (Å²) in [7, 11) is 0. The van der Waals surface area contributed by atoms with E-state index >= 15 is 0 Å². The van der Waals surface area contributed by atoms with Crippen LogP contribution >= 0.6 is 0 Å². The van der Waals surface area contributed by atoms with Crippen LogP contribution in [0, 0.1) is 5.92 Å². The molecule has 0 aliphatic heterocycles. The Labute approximate surface area is 100 Å². The van der Waals surface area contributed by atoms with Crippen molar-refractivity contribution in [1.29, 1.82) is 0 Å². The molecule has 1 aliphatic rings. The molecular weight excluding hydrogens is 218 g/mol. The van der Waals surface area contributed by atoms with Gasteiger partial charge in [-0.25, -0.2) is 9.78 Å². The zero-order chi connectivity index (χ0) is 12.4. The number of nitrogens with one attached hydrogen (secondary N) is 1. The largest absolute Gasteiger partial charge is 0.478 e. The van der Waals surface area contributed by atoms with E-state index in [1.54, 1.807) is 0 Å². The number of hydrogen-bond acceptors (Lipinski definition) is 4. The van der Waals surface area contributed by atoms with E-state index in [0.29, 0.717) is 17.8 Å². The summed E-state index contributed by atoms with van der Waals surface area (Å²) in [5.41, 5.74) is 6.12. The van der Waals surface area contributed by atoms with Gasteiger partial charge in [-0.2, -0.15) is 0 Å². The van der Waals surface area contributed by atoms with Gasteiger partial charge in [-0.15, -0.1) is 0 Å². The highest BCUT2D eigenvalue weighted by molar-refractivity contribution is 5.96. The second-order valence-electron chi connectivity index (χ2n) is 4.69. The molecule has 1 aromatic heterocycles. The first kappa shape index (κ1) is 11.7. The zero-order valence-electron chi connectivity index (χ0n) is 9.81. The molecule has 1 aliphatic carbocycles. The second-order valence-corrected chi connectivity index (χ2v) is 4.69. The van der Waals surface area contributed by atoms with E-state index in [1.165, 1.54) is 18.7 Å². The summed E-state index contributed by atoms with van der Waals surface area (Å²) in [5, 5.41) is 12.2. The van der Waals surface area contributed by atoms with Gasteiger partial charge in [0.15, 0.2) is 0 Å². The van der Waals surface area contributed by atoms with Crippen molar-refractivity contribution >= 4 is 17.5 Å². The standard InChI is InChI=1S/C12H17N3O2/c1-7-2-3-8(6-7)15-11-10(13)9(12(16)17)4-5-14-11/h4-5,7-8H,2-3,6,13H2,1H3,(H,14,15)(H,16,17). The van der Waals surface area contributed by atoms with E-state index in [1.807, 2.05) is 0 Å². The minimum atomic E-state index is -1.02. The highest BCUT2D eigenvalue weighted by Gasteiger charge is 2.22. The zero-order valence-corrected chi connectivity index (χ0v) is 9.81. The molecule has 0 saturated heterocycles. The number of hydrogen-bond donors (Lipinski definition) is 3. The molecule has 2 rings (SSSR count). The fourth-order valence-electron chi connectivity index (χ4n) is 2.31. The normalized spacial score (nSPS) is 23.6. The highest BCUT2D eigenvalue weighted by Crippen LogP contribution is 2.29. The van der Waals surface area contributed by atoms with E-state index in [0.717, 1.165) is 12.8 Å². The highest BCUT2D eigenvalue weighted by atomic mass is 16.4. The van der Waals surface area contributed by atoms with Crippen LogP contribution in [0.15, 0.2) is 12.3 Å². The number of aromatic carboxylic acids is 1. The molecule has 5 nitrogen and oxygen atoms in total. The summed E-state index contributed by atoms with van der Waals surface area (Å²) in [6.07, 6.45) is 4.83. The first-order chi connectivity index (χ1) is 8.08. The van der Waals surface area contributed by atoms with E-state index in [9.17, 15) is 4.79 Å². The van der Waals surface area contributed by atoms with Crippen molar-refractivity contribution in [3.63, 3.8) is 0 Å². The number of nitrogen functional groups attached to an aromatic ring is 1. The fraction of sp³-hybridized carbons (Fsp3) is 0.500. The lowest BCUT2D eigenvalue weighted by atomic mass is 10.1. The number of carboxylic acid groups (broad SMARTS) is 1. The van der Waals surface area contributed by atoms with Crippen molar-refractivity contribution < 1.29 is 9.90 Å². The summed E-state index contributed by atoms with van der Waals surface area (Å²) in [6.45, 7) is 2.21. The van der Waals surface area contributed by atoms with Crippen molar-refractivity contribution in [3.8, 4) is 0 Å². The van der Waals surface area contributed by atoms with Crippen LogP contribution < -0.4 is 11.1 Å². The lowest BCUT2D eigenvalue weighted by Crippen LogP contribution is -2.18. The smallest absolute Gasteiger partial charge is 0.337 e. The van der Waals surface area contributed by atoms with Crippen molar-refractivity contribution in [3.05, 3.63) is 17.8 Å². The molecular formula is C12H17N3O2. The van der Waals surface area contributed by atoms with Gasteiger partial charge in [0.2, 0.25) is 0 Å². The van der Waals surface area contributed by atoms with Crippen LogP contribution in [-0.2, 0) is 0 Å². The van der Waals surface area contributed by atoms with Crippen LogP contribution in [0.4, 0.5) is 11.5 Å². The van der Waals surface area contributed by atoms with Crippen LogP contribution in [-0.4, -0.2) is 22.1 Å². The molecule has 1 fully saturated rings. The van der Waals surface area contributed by atoms with Gasteiger partial charge >= 0.3 is 5.97 Å². The number of anilines is 2. The first-order valence-electron chi connectivity index (χ1n) is 5.82. The van der Waals surface area contributed by atoms with E-state index < -0.39 is 5.97 Å². The number of nitrogens with two attached hydrogens (primary N) is 1. The predicted octanol–water partition coefficient (Wildman–Crippen LogP) is 1.96. The van der Waals surface area contributed by atoms with Crippen molar-refractivity contribution in [2.45, 2.75) is 32.2 Å². The Bertz CT molecular complexity index is 434. The molecule has 0 bridgehead atoms. The summed E-state index contributed by atoms with van der Waals surface area (Å²) < 4.78 is 0. The maximum Gasteiger partial charge on any atom is 0.337 e. The lowest BCUT2D eigenvalue weighted by molar-refractivity contribution is 0.0698. The van der Waals surface area contributed by atoms with Gasteiger partial charge in [-0.1, -0.05) is 6.92 Å². The average molecular weight is 235 g/mol. The first-order valence-corrected chi connectivity index (χ1v) is 5.82. The van der Waals surface area contributed by atoms with Gasteiger partial charge in [-0.05, 0) is 31.2 Å². The SMILES string of the molecule is CC1CCC(Nc2nccc(C(=O)O)c2N)C1. The van der Waals surface area contributed by atoms with E-state index in [2.05, 4.69) is 17.2 Å². The molecule has 1 aromatic rings. The Kier molecular flexibility index (Phi) is 3.17. The number of carbonyl (C=O) groups is 1. The molecule has 17 heavy (non-hydrogen) atoms. The van der Waals surface area contributed by atoms with Crippen LogP contribution in [0.3, 0.4) is 0 Å². The van der Waals surface area contributed by atoms with E-state index in [-0.39, 0.29) is 11.3 Å². The monoisotopic (exact) mass is 235 g/mol. The van der Waals surface area contributed by atoms with Crippen LogP contribution in [0.5, 0.6) is 0 Å². The Morgan fingerprint density at radius 2 is 2.35 bits per heavy atom. The van der Waals surface area contributed by atoms with Crippen LogP contribution in [0.2, 0.25) is 0 Å². The Morgan fingerprint density at radius 1 is 1.59 bits per heavy atom. The summed E-state index contributed by atoms with van der Waals surface area (Å²) in [4.78, 5) is 15.0. The van der Waals surface area contributed by atoms with E-state index in [4.69, 9.17) is 10.8 Å². The molecule has 1 heterocycles. The minimum absolute atomic E-state index is 0.105. The average Bonchev–Trinajstić information content (AvgIpc) is 2.67. The topological polar surface area (TPSA) is 88.2 Å². The van der Waals surface area contributed by atoms with Gasteiger partial charge < -0.3 is 16.2 Å². The number of rotatable bonds is 3. The van der Waals surface area contributed by atoms with Crippen LogP contribution in [0.1, 0.15) is 36.5 Å². The Morgan fingerprint density at radius 3 is 2.94 bits per heavy atom. The second kappa shape index (κ2) is 4.61. The molecule has 0 radical (unpaired) electrons. The van der Waals surface area contributed by atoms with Gasteiger partial charge in [0.25, 0.3) is 0 Å². The molecule has 2 unspecified atom stereocenters. The van der Waals surface area contributed by atoms with Gasteiger partial charge in [-0.3, -0.25) is 0 Å². The molecule has 4 N–H and O–H groups in total. The molecule has 2 atom stereocenters. The predicted molar refractivity (Wildman–Crippen MR) is 66.0 cm³/mol. The summed E-state index contributed by atoms with van der Waals surface area (Å²) in [5.74, 6) is 0.174. The lowest BCUT2D eigenvalue weighted by Gasteiger charge is -2.15. The molecule has 0 aromatic carbocycles. The number of carboxylic acids is 1. The number of nitrogens with zero attached hydrogens (tertiary/aromatic N) is 1. The maximum atomic E-state index is 10.9. The fourth-order valence-corrected chi connectivity index (χ4v) is 2.31. The quantitative estimate of drug-likeness (QED) is 0.745. The summed E-state index contributed by atoms with van der Waals surface area (Å²) in [6, 6.07) is 1.77. The molecule has 0 amide bonds. The molecule has 1 saturated carbocycles. The van der Waals surface area contributed by atoms with Gasteiger partial charge in [0.1, 0.15) is 5.82 Å². The number of aromatic nitrogens is 1. The van der Waals surface area contributed by atoms with Crippen LogP contribution in [0.25, 0.3) is 0 Å². The van der Waals surface area contributed by atoms with Gasteiger partial charge in [0, 0.05) is 12.2 Å². The van der Waals surface area contributed by atoms with Crippen molar-refractivity contribution in [2.75, 3.05) is 11.1 Å². The minimum Gasteiger partial charge on any atom is -0.478 e. The third-order valence-electron chi connectivity index (χ3n) is 3.26. The summed E-state index contributed by atoms with van der Waals surface area (Å²) >= 11 is 0. The molecule has 5 heteroatoms. The van der Waals surface area contributed by atoms with Gasteiger partial charge in [0.05, 0.1) is 11.3 Å². The Balaban J connectivity index is 2.16.